The van der Waals surface area contributed by atoms with Gasteiger partial charge in [-0.2, -0.15) is 0 Å². The van der Waals surface area contributed by atoms with Crippen molar-refractivity contribution in [3.63, 3.8) is 0 Å². The van der Waals surface area contributed by atoms with Gasteiger partial charge in [-0.25, -0.2) is 0 Å². The van der Waals surface area contributed by atoms with Crippen molar-refractivity contribution in [3.05, 3.63) is 24.3 Å². The van der Waals surface area contributed by atoms with Gasteiger partial charge in [0.1, 0.15) is 0 Å². The summed E-state index contributed by atoms with van der Waals surface area (Å²) in [5.74, 6) is 1.96. The average molecular weight is 276 g/mol. The molecule has 0 aromatic rings. The largest absolute Gasteiger partial charge is 0.481 e. The van der Waals surface area contributed by atoms with Crippen LogP contribution in [0.4, 0.5) is 0 Å². The summed E-state index contributed by atoms with van der Waals surface area (Å²) in [4.78, 5) is 10.3. The molecule has 0 saturated carbocycles. The molecule has 0 aliphatic heterocycles. The second kappa shape index (κ2) is 15.6. The van der Waals surface area contributed by atoms with Gasteiger partial charge in [-0.3, -0.25) is 4.79 Å². The van der Waals surface area contributed by atoms with Crippen LogP contribution in [0.3, 0.4) is 0 Å². The Balaban J connectivity index is 3.20. The summed E-state index contributed by atoms with van der Waals surface area (Å²) in [6, 6.07) is 0. The number of terminal acetylenes is 1. The van der Waals surface area contributed by atoms with Crippen LogP contribution in [0.5, 0.6) is 0 Å². The van der Waals surface area contributed by atoms with E-state index in [1.54, 1.807) is 0 Å². The van der Waals surface area contributed by atoms with Gasteiger partial charge in [0.15, 0.2) is 0 Å². The van der Waals surface area contributed by atoms with Gasteiger partial charge in [0.25, 0.3) is 0 Å². The molecule has 0 bridgehead atoms. The van der Waals surface area contributed by atoms with Gasteiger partial charge in [0, 0.05) is 12.8 Å². The van der Waals surface area contributed by atoms with Crippen molar-refractivity contribution in [1.82, 2.24) is 0 Å². The number of carbonyl (C=O) groups is 1. The zero-order chi connectivity index (χ0) is 14.9. The fourth-order valence-electron chi connectivity index (χ4n) is 1.90. The van der Waals surface area contributed by atoms with E-state index >= 15 is 0 Å². The highest BCUT2D eigenvalue weighted by Crippen LogP contribution is 2.07. The molecule has 0 amide bonds. The van der Waals surface area contributed by atoms with Crippen LogP contribution in [0.2, 0.25) is 0 Å². The lowest BCUT2D eigenvalue weighted by Gasteiger charge is -1.98. The van der Waals surface area contributed by atoms with Crippen LogP contribution in [-0.2, 0) is 4.79 Å². The Hall–Kier alpha value is -1.49. The molecule has 0 aliphatic carbocycles. The first-order valence-corrected chi connectivity index (χ1v) is 7.72. The fourth-order valence-corrected chi connectivity index (χ4v) is 1.90. The van der Waals surface area contributed by atoms with Crippen LogP contribution < -0.4 is 0 Å². The van der Waals surface area contributed by atoms with Crippen LogP contribution in [0.15, 0.2) is 24.3 Å². The van der Waals surface area contributed by atoms with Crippen molar-refractivity contribution in [1.29, 1.82) is 0 Å². The third kappa shape index (κ3) is 16.5. The Morgan fingerprint density at radius 2 is 1.50 bits per heavy atom. The van der Waals surface area contributed by atoms with Gasteiger partial charge in [-0.05, 0) is 38.5 Å². The fraction of sp³-hybridized carbons (Fsp3) is 0.611. The Bertz CT molecular complexity index is 321. The Morgan fingerprint density at radius 3 is 2.15 bits per heavy atom. The molecule has 2 heteroatoms. The zero-order valence-corrected chi connectivity index (χ0v) is 12.5. The predicted octanol–water partition coefficient (Wildman–Crippen LogP) is 5.11. The predicted molar refractivity (Wildman–Crippen MR) is 85.5 cm³/mol. The van der Waals surface area contributed by atoms with Crippen molar-refractivity contribution in [3.8, 4) is 12.3 Å². The van der Waals surface area contributed by atoms with Gasteiger partial charge in [-0.15, -0.1) is 12.3 Å². The third-order valence-electron chi connectivity index (χ3n) is 3.06. The molecule has 0 aromatic carbocycles. The SMILES string of the molecule is C#CCCC/C=C\C/C=C\CCCCCCCC(=O)O. The summed E-state index contributed by atoms with van der Waals surface area (Å²) in [6.45, 7) is 0. The highest BCUT2D eigenvalue weighted by molar-refractivity contribution is 5.66. The number of hydrogen-bond donors (Lipinski definition) is 1. The average Bonchev–Trinajstić information content (AvgIpc) is 2.43. The van der Waals surface area contributed by atoms with E-state index in [-0.39, 0.29) is 0 Å². The molecule has 0 fully saturated rings. The van der Waals surface area contributed by atoms with E-state index in [4.69, 9.17) is 11.5 Å². The molecular formula is C18H28O2. The Labute approximate surface area is 124 Å². The molecule has 0 unspecified atom stereocenters. The molecule has 0 spiro atoms. The van der Waals surface area contributed by atoms with E-state index in [9.17, 15) is 4.79 Å². The lowest BCUT2D eigenvalue weighted by atomic mass is 10.1. The topological polar surface area (TPSA) is 37.3 Å². The monoisotopic (exact) mass is 276 g/mol. The second-order valence-corrected chi connectivity index (χ2v) is 4.98. The molecular weight excluding hydrogens is 248 g/mol. The number of unbranched alkanes of at least 4 members (excludes halogenated alkanes) is 7. The van der Waals surface area contributed by atoms with E-state index in [1.807, 2.05) is 0 Å². The summed E-state index contributed by atoms with van der Waals surface area (Å²) < 4.78 is 0. The van der Waals surface area contributed by atoms with Gasteiger partial charge >= 0.3 is 5.97 Å². The molecule has 2 nitrogen and oxygen atoms in total. The molecule has 0 radical (unpaired) electrons. The van der Waals surface area contributed by atoms with Crippen molar-refractivity contribution in [2.75, 3.05) is 0 Å². The highest BCUT2D eigenvalue weighted by atomic mass is 16.4. The van der Waals surface area contributed by atoms with Crippen LogP contribution in [0, 0.1) is 12.3 Å². The van der Waals surface area contributed by atoms with Crippen LogP contribution in [0.25, 0.3) is 0 Å². The summed E-state index contributed by atoms with van der Waals surface area (Å²) in [6.07, 6.45) is 24.9. The van der Waals surface area contributed by atoms with E-state index < -0.39 is 5.97 Å². The molecule has 20 heavy (non-hydrogen) atoms. The maximum atomic E-state index is 10.3. The summed E-state index contributed by atoms with van der Waals surface area (Å²) >= 11 is 0. The molecule has 0 saturated heterocycles. The first kappa shape index (κ1) is 18.5. The van der Waals surface area contributed by atoms with Gasteiger partial charge < -0.3 is 5.11 Å². The number of allylic oxidation sites excluding steroid dienone is 4. The normalized spacial score (nSPS) is 11.2. The van der Waals surface area contributed by atoms with Crippen LogP contribution >= 0.6 is 0 Å². The van der Waals surface area contributed by atoms with Crippen molar-refractivity contribution < 1.29 is 9.90 Å². The van der Waals surface area contributed by atoms with E-state index in [2.05, 4.69) is 30.2 Å². The summed E-state index contributed by atoms with van der Waals surface area (Å²) in [7, 11) is 0. The van der Waals surface area contributed by atoms with Gasteiger partial charge in [0.05, 0.1) is 0 Å². The maximum Gasteiger partial charge on any atom is 0.303 e. The summed E-state index contributed by atoms with van der Waals surface area (Å²) in [5.41, 5.74) is 0. The lowest BCUT2D eigenvalue weighted by molar-refractivity contribution is -0.137. The summed E-state index contributed by atoms with van der Waals surface area (Å²) in [5, 5.41) is 8.49. The molecule has 0 rings (SSSR count). The van der Waals surface area contributed by atoms with E-state index in [0.29, 0.717) is 6.42 Å². The van der Waals surface area contributed by atoms with E-state index in [0.717, 1.165) is 51.4 Å². The quantitative estimate of drug-likeness (QED) is 0.288. The number of hydrogen-bond acceptors (Lipinski definition) is 1. The minimum atomic E-state index is -0.680. The van der Waals surface area contributed by atoms with Crippen molar-refractivity contribution in [2.24, 2.45) is 0 Å². The van der Waals surface area contributed by atoms with Gasteiger partial charge in [0.2, 0.25) is 0 Å². The molecule has 112 valence electrons. The number of carboxylic acids is 1. The first-order chi connectivity index (χ1) is 9.77. The molecule has 0 heterocycles. The maximum absolute atomic E-state index is 10.3. The lowest BCUT2D eigenvalue weighted by Crippen LogP contribution is -1.93. The molecule has 1 N–H and O–H groups in total. The van der Waals surface area contributed by atoms with Crippen LogP contribution in [0.1, 0.15) is 70.6 Å². The Morgan fingerprint density at radius 1 is 0.900 bits per heavy atom. The van der Waals surface area contributed by atoms with Gasteiger partial charge in [-0.1, -0.05) is 43.6 Å². The Kier molecular flexibility index (Phi) is 14.4. The first-order valence-electron chi connectivity index (χ1n) is 7.72. The smallest absolute Gasteiger partial charge is 0.303 e. The number of aliphatic carboxylic acids is 1. The van der Waals surface area contributed by atoms with Crippen LogP contribution in [-0.4, -0.2) is 11.1 Å². The standard InChI is InChI=1S/C18H28O2/c1-2-3-4-5-6-7-8-9-10-11-12-13-14-15-16-17-18(19)20/h1,6-7,9-10H,3-5,8,11-17H2,(H,19,20)/b7-6-,10-9-. The van der Waals surface area contributed by atoms with Crippen molar-refractivity contribution >= 4 is 5.97 Å². The minimum absolute atomic E-state index is 0.313. The minimum Gasteiger partial charge on any atom is -0.481 e. The second-order valence-electron chi connectivity index (χ2n) is 4.98. The zero-order valence-electron chi connectivity index (χ0n) is 12.5. The molecule has 0 atom stereocenters. The van der Waals surface area contributed by atoms with Crippen molar-refractivity contribution in [2.45, 2.75) is 70.6 Å². The highest BCUT2D eigenvalue weighted by Gasteiger charge is 1.95. The third-order valence-corrected chi connectivity index (χ3v) is 3.06. The molecule has 0 aromatic heterocycles. The molecule has 0 aliphatic rings. The number of rotatable bonds is 13. The van der Waals surface area contributed by atoms with E-state index in [1.165, 1.54) is 12.8 Å². The number of carboxylic acid groups (broad SMARTS) is 1.